The number of rotatable bonds is 0. The van der Waals surface area contributed by atoms with E-state index in [4.69, 9.17) is 0 Å². The molecule has 0 spiro atoms. The van der Waals surface area contributed by atoms with Crippen LogP contribution in [0, 0.1) is 0 Å². The van der Waals surface area contributed by atoms with Gasteiger partial charge in [0.25, 0.3) is 0 Å². The van der Waals surface area contributed by atoms with Gasteiger partial charge < -0.3 is 0 Å². The van der Waals surface area contributed by atoms with Gasteiger partial charge >= 0.3 is 0 Å². The van der Waals surface area contributed by atoms with Gasteiger partial charge in [0.05, 0.1) is 0 Å². The van der Waals surface area contributed by atoms with Gasteiger partial charge in [0, 0.05) is 46.8 Å². The third-order valence-electron chi connectivity index (χ3n) is 0. The maximum atomic E-state index is 0. The summed E-state index contributed by atoms with van der Waals surface area (Å²) >= 11 is 0. The monoisotopic (exact) mass is 244 g/mol. The van der Waals surface area contributed by atoms with E-state index in [1.54, 1.807) is 0 Å². The van der Waals surface area contributed by atoms with E-state index in [-0.39, 0.29) is 71.2 Å². The average molecular weight is 244 g/mol. The van der Waals surface area contributed by atoms with Crippen molar-refractivity contribution in [1.29, 1.82) is 0 Å². The Morgan fingerprint density at radius 1 is 1.00 bits per heavy atom. The molecule has 20 valence electrons. The molecule has 0 heterocycles. The first-order valence-corrected chi connectivity index (χ1v) is 0. The Bertz CT molecular complexity index is 8.00. The molecule has 0 fully saturated rings. The van der Waals surface area contributed by atoms with Crippen molar-refractivity contribution < 1.29 is 46.8 Å². The second-order valence-electron chi connectivity index (χ2n) is 0. The zero-order valence-electron chi connectivity index (χ0n) is 1.91. The fourth-order valence-corrected chi connectivity index (χ4v) is 0. The first-order valence-electron chi connectivity index (χ1n) is 0. The Morgan fingerprint density at radius 2 is 1.00 bits per heavy atom. The molecule has 0 aromatic carbocycles. The quantitative estimate of drug-likeness (QED) is 0.462. The molecule has 0 saturated heterocycles. The minimum atomic E-state index is 0. The van der Waals surface area contributed by atoms with Crippen molar-refractivity contribution in [2.75, 3.05) is 0 Å². The predicted octanol–water partition coefficient (Wildman–Crippen LogP) is -1.34. The van der Waals surface area contributed by atoms with Crippen LogP contribution in [-0.4, -0.2) is 11.0 Å². The van der Waals surface area contributed by atoms with Crippen LogP contribution in [-0.2, 0) is 46.8 Å². The van der Waals surface area contributed by atoms with Gasteiger partial charge in [0.2, 0.25) is 0 Å². The van der Waals surface area contributed by atoms with Crippen LogP contribution in [0.15, 0.2) is 0 Å². The second kappa shape index (κ2) is 19.4. The Balaban J connectivity index is 0. The van der Waals surface area contributed by atoms with Crippen molar-refractivity contribution in [1.82, 2.24) is 0 Å². The van der Waals surface area contributed by atoms with Crippen LogP contribution in [0.4, 0.5) is 0 Å². The molecule has 0 radical (unpaired) electrons. The SMILES string of the molecule is S.[Cd].[SiH4].[Zn]. The molecule has 0 nitrogen and oxygen atoms in total. The number of hydrogen-bond acceptors (Lipinski definition) is 0. The van der Waals surface area contributed by atoms with Gasteiger partial charge in [0.1, 0.15) is 0 Å². The van der Waals surface area contributed by atoms with Crippen LogP contribution in [0.1, 0.15) is 0 Å². The van der Waals surface area contributed by atoms with Gasteiger partial charge in [-0.2, -0.15) is 13.5 Å². The van der Waals surface area contributed by atoms with Crippen LogP contribution in [0.3, 0.4) is 0 Å². The molecule has 0 aliphatic carbocycles. The smallest absolute Gasteiger partial charge is 0 e. The van der Waals surface area contributed by atoms with Gasteiger partial charge in [-0.3, -0.25) is 0 Å². The summed E-state index contributed by atoms with van der Waals surface area (Å²) in [7, 11) is 0. The van der Waals surface area contributed by atoms with Crippen LogP contribution in [0.5, 0.6) is 0 Å². The molecule has 0 saturated carbocycles. The van der Waals surface area contributed by atoms with Gasteiger partial charge in [0.15, 0.2) is 0 Å². The van der Waals surface area contributed by atoms with E-state index in [9.17, 15) is 0 Å². The minimum Gasteiger partial charge on any atom is -0.197 e. The molecular formula is H6CdSSiZn. The molecule has 0 aromatic heterocycles. The summed E-state index contributed by atoms with van der Waals surface area (Å²) in [6.07, 6.45) is 0. The van der Waals surface area contributed by atoms with Crippen LogP contribution >= 0.6 is 13.5 Å². The molecule has 0 aliphatic rings. The largest absolute Gasteiger partial charge is 0.197 e. The van der Waals surface area contributed by atoms with Crippen LogP contribution in [0.2, 0.25) is 0 Å². The maximum Gasteiger partial charge on any atom is 0 e. The minimum absolute atomic E-state index is 0. The summed E-state index contributed by atoms with van der Waals surface area (Å²) in [6.45, 7) is 0. The Labute approximate surface area is 70.5 Å². The molecule has 0 unspecified atom stereocenters. The molecule has 0 bridgehead atoms. The van der Waals surface area contributed by atoms with E-state index in [0.717, 1.165) is 0 Å². The molecule has 0 atom stereocenters. The summed E-state index contributed by atoms with van der Waals surface area (Å²) in [5, 5.41) is 0. The topological polar surface area (TPSA) is 0 Å². The summed E-state index contributed by atoms with van der Waals surface area (Å²) in [6, 6.07) is 0. The molecular weight excluding hydrogens is 238 g/mol. The fraction of sp³-hybridized carbons (Fsp3) is 0. The van der Waals surface area contributed by atoms with Crippen LogP contribution < -0.4 is 0 Å². The van der Waals surface area contributed by atoms with Crippen molar-refractivity contribution in [2.45, 2.75) is 0 Å². The van der Waals surface area contributed by atoms with Crippen molar-refractivity contribution in [3.8, 4) is 0 Å². The molecule has 0 N–H and O–H groups in total. The fourth-order valence-electron chi connectivity index (χ4n) is 0. The zero-order chi connectivity index (χ0) is 0. The molecule has 0 amide bonds. The second-order valence-corrected chi connectivity index (χ2v) is 0. The van der Waals surface area contributed by atoms with E-state index in [1.165, 1.54) is 0 Å². The van der Waals surface area contributed by atoms with Crippen molar-refractivity contribution >= 4 is 24.5 Å². The number of hydrogen-bond donors (Lipinski definition) is 0. The van der Waals surface area contributed by atoms with E-state index >= 15 is 0 Å². The van der Waals surface area contributed by atoms with Gasteiger partial charge in [-0.05, 0) is 11.0 Å². The third kappa shape index (κ3) is 8.93. The molecule has 0 rings (SSSR count). The summed E-state index contributed by atoms with van der Waals surface area (Å²) in [5.41, 5.74) is 0. The maximum absolute atomic E-state index is 0. The molecule has 4 heteroatoms. The van der Waals surface area contributed by atoms with Gasteiger partial charge in [-0.25, -0.2) is 0 Å². The van der Waals surface area contributed by atoms with Crippen molar-refractivity contribution in [3.63, 3.8) is 0 Å². The standard InChI is InChI=1S/Cd.H2S.H4Si.Zn/h;1H2;1H4;. The first kappa shape index (κ1) is 35.8. The van der Waals surface area contributed by atoms with Crippen molar-refractivity contribution in [2.24, 2.45) is 0 Å². The van der Waals surface area contributed by atoms with E-state index in [1.807, 2.05) is 0 Å². The molecule has 4 heavy (non-hydrogen) atoms. The normalized spacial score (nSPS) is 0. The van der Waals surface area contributed by atoms with E-state index in [2.05, 4.69) is 0 Å². The summed E-state index contributed by atoms with van der Waals surface area (Å²) in [4.78, 5) is 0. The molecule has 0 aromatic rings. The van der Waals surface area contributed by atoms with E-state index in [0.29, 0.717) is 0 Å². The Kier molecular flexibility index (Phi) is 173. The predicted molar refractivity (Wildman–Crippen MR) is 21.7 cm³/mol. The third-order valence-corrected chi connectivity index (χ3v) is 0. The average Bonchev–Trinajstić information content (AvgIpc) is 0. The molecule has 0 aliphatic heterocycles. The summed E-state index contributed by atoms with van der Waals surface area (Å²) < 4.78 is 0. The zero-order valence-corrected chi connectivity index (χ0v) is 9.92. The van der Waals surface area contributed by atoms with E-state index < -0.39 is 0 Å². The Morgan fingerprint density at radius 3 is 1.00 bits per heavy atom. The van der Waals surface area contributed by atoms with Gasteiger partial charge in [-0.1, -0.05) is 0 Å². The first-order chi connectivity index (χ1) is 0. The van der Waals surface area contributed by atoms with Crippen molar-refractivity contribution in [3.05, 3.63) is 0 Å². The van der Waals surface area contributed by atoms with Gasteiger partial charge in [-0.15, -0.1) is 0 Å². The Hall–Kier alpha value is 2.11. The van der Waals surface area contributed by atoms with Crippen LogP contribution in [0.25, 0.3) is 0 Å². The summed E-state index contributed by atoms with van der Waals surface area (Å²) in [5.74, 6) is 0.